The van der Waals surface area contributed by atoms with Crippen LogP contribution in [0.3, 0.4) is 0 Å². The number of halogens is 2. The molecule has 0 saturated heterocycles. The summed E-state index contributed by atoms with van der Waals surface area (Å²) < 4.78 is 18.5. The molecule has 122 valence electrons. The number of benzene rings is 1. The highest BCUT2D eigenvalue weighted by molar-refractivity contribution is 8.00. The van der Waals surface area contributed by atoms with Crippen LogP contribution in [0, 0.1) is 11.7 Å². The Morgan fingerprint density at radius 1 is 1.36 bits per heavy atom. The van der Waals surface area contributed by atoms with E-state index in [4.69, 9.17) is 11.6 Å². The minimum atomic E-state index is -0.614. The molecule has 1 aromatic rings. The second-order valence-electron chi connectivity index (χ2n) is 5.19. The smallest absolute Gasteiger partial charge is 0.318 e. The van der Waals surface area contributed by atoms with Crippen LogP contribution >= 0.6 is 23.4 Å². The van der Waals surface area contributed by atoms with Gasteiger partial charge in [-0.1, -0.05) is 25.4 Å². The van der Waals surface area contributed by atoms with E-state index >= 15 is 0 Å². The van der Waals surface area contributed by atoms with Gasteiger partial charge in [0.25, 0.3) is 0 Å². The Morgan fingerprint density at radius 2 is 2.00 bits per heavy atom. The molecular weight excluding hydrogens is 329 g/mol. The van der Waals surface area contributed by atoms with Crippen molar-refractivity contribution in [1.29, 1.82) is 0 Å². The number of carbonyl (C=O) groups is 2. The van der Waals surface area contributed by atoms with Crippen molar-refractivity contribution in [3.8, 4) is 0 Å². The number of nitrogens with one attached hydrogen (secondary N) is 1. The van der Waals surface area contributed by atoms with Crippen LogP contribution in [0.2, 0.25) is 5.02 Å². The van der Waals surface area contributed by atoms with Gasteiger partial charge in [-0.25, -0.2) is 4.39 Å². The van der Waals surface area contributed by atoms with Crippen LogP contribution in [0.5, 0.6) is 0 Å². The zero-order valence-corrected chi connectivity index (χ0v) is 14.5. The summed E-state index contributed by atoms with van der Waals surface area (Å²) in [5.74, 6) is -1.12. The van der Waals surface area contributed by atoms with E-state index in [0.29, 0.717) is 11.3 Å². The fourth-order valence-corrected chi connectivity index (χ4v) is 2.91. The van der Waals surface area contributed by atoms with Gasteiger partial charge in [0, 0.05) is 11.3 Å². The van der Waals surface area contributed by atoms with Gasteiger partial charge in [0.05, 0.1) is 17.8 Å². The van der Waals surface area contributed by atoms with E-state index in [9.17, 15) is 14.0 Å². The van der Waals surface area contributed by atoms with Crippen molar-refractivity contribution < 1.29 is 18.7 Å². The molecule has 1 rings (SSSR count). The lowest BCUT2D eigenvalue weighted by Crippen LogP contribution is -2.16. The number of anilines is 1. The van der Waals surface area contributed by atoms with Crippen LogP contribution in [-0.2, 0) is 14.3 Å². The molecule has 0 bridgehead atoms. The first-order valence-electron chi connectivity index (χ1n) is 6.78. The Labute approximate surface area is 138 Å². The molecule has 1 unspecified atom stereocenters. The normalized spacial score (nSPS) is 12.1. The average Bonchev–Trinajstić information content (AvgIpc) is 2.42. The molecule has 1 atom stereocenters. The van der Waals surface area contributed by atoms with Gasteiger partial charge < -0.3 is 10.1 Å². The summed E-state index contributed by atoms with van der Waals surface area (Å²) in [6.45, 7) is 5.46. The Morgan fingerprint density at radius 3 is 2.55 bits per heavy atom. The number of hydrogen-bond acceptors (Lipinski definition) is 4. The van der Waals surface area contributed by atoms with Crippen molar-refractivity contribution >= 4 is 40.9 Å². The second-order valence-corrected chi connectivity index (χ2v) is 6.98. The summed E-state index contributed by atoms with van der Waals surface area (Å²) in [6.07, 6.45) is 0.295. The second kappa shape index (κ2) is 8.39. The van der Waals surface area contributed by atoms with Gasteiger partial charge in [-0.3, -0.25) is 9.59 Å². The zero-order chi connectivity index (χ0) is 16.9. The van der Waals surface area contributed by atoms with Gasteiger partial charge in [0.2, 0.25) is 5.91 Å². The molecule has 0 saturated carbocycles. The van der Waals surface area contributed by atoms with E-state index < -0.39 is 17.0 Å². The maximum atomic E-state index is 13.9. The molecule has 1 amide bonds. The Hall–Kier alpha value is -1.27. The molecule has 1 aromatic carbocycles. The maximum Gasteiger partial charge on any atom is 0.318 e. The van der Waals surface area contributed by atoms with E-state index in [0.717, 1.165) is 17.8 Å². The quantitative estimate of drug-likeness (QED) is 0.621. The minimum absolute atomic E-state index is 0.0506. The van der Waals surface area contributed by atoms with Crippen molar-refractivity contribution in [2.45, 2.75) is 37.3 Å². The third-order valence-corrected chi connectivity index (χ3v) is 4.29. The topological polar surface area (TPSA) is 55.4 Å². The molecule has 0 aliphatic rings. The van der Waals surface area contributed by atoms with Crippen molar-refractivity contribution in [2.24, 2.45) is 5.92 Å². The standard InChI is InChI=1S/C15H19ClFNO3S/c1-8(2)5-14(19)18-12-7-13(10(16)6-11(12)17)22-9(3)15(20)21-4/h6-9H,5H2,1-4H3,(H,18,19). The molecule has 0 fully saturated rings. The number of esters is 1. The summed E-state index contributed by atoms with van der Waals surface area (Å²) in [7, 11) is 1.29. The van der Waals surface area contributed by atoms with Crippen LogP contribution in [0.4, 0.5) is 10.1 Å². The summed E-state index contributed by atoms with van der Waals surface area (Å²) in [5, 5.41) is 2.21. The van der Waals surface area contributed by atoms with Gasteiger partial charge in [0.15, 0.2) is 0 Å². The predicted molar refractivity (Wildman–Crippen MR) is 86.8 cm³/mol. The highest BCUT2D eigenvalue weighted by Crippen LogP contribution is 2.34. The molecule has 0 heterocycles. The van der Waals surface area contributed by atoms with Crippen LogP contribution in [0.1, 0.15) is 27.2 Å². The number of thioether (sulfide) groups is 1. The van der Waals surface area contributed by atoms with E-state index in [-0.39, 0.29) is 22.5 Å². The molecule has 0 radical (unpaired) electrons. The number of amides is 1. The van der Waals surface area contributed by atoms with Crippen molar-refractivity contribution in [2.75, 3.05) is 12.4 Å². The lowest BCUT2D eigenvalue weighted by molar-refractivity contribution is -0.139. The minimum Gasteiger partial charge on any atom is -0.468 e. The van der Waals surface area contributed by atoms with Crippen LogP contribution in [-0.4, -0.2) is 24.2 Å². The van der Waals surface area contributed by atoms with Gasteiger partial charge in [-0.15, -0.1) is 11.8 Å². The molecule has 0 spiro atoms. The lowest BCUT2D eigenvalue weighted by atomic mass is 10.1. The van der Waals surface area contributed by atoms with Gasteiger partial charge in [0.1, 0.15) is 11.1 Å². The molecule has 0 aliphatic carbocycles. The third-order valence-electron chi connectivity index (χ3n) is 2.73. The summed E-state index contributed by atoms with van der Waals surface area (Å²) >= 11 is 7.13. The zero-order valence-electron chi connectivity index (χ0n) is 12.9. The third kappa shape index (κ3) is 5.50. The number of carbonyl (C=O) groups excluding carboxylic acids is 2. The Bertz CT molecular complexity index is 566. The van der Waals surface area contributed by atoms with Crippen LogP contribution < -0.4 is 5.32 Å². The molecular formula is C15H19ClFNO3S. The summed E-state index contributed by atoms with van der Waals surface area (Å²) in [4.78, 5) is 23.7. The highest BCUT2D eigenvalue weighted by atomic mass is 35.5. The lowest BCUT2D eigenvalue weighted by Gasteiger charge is -2.13. The number of methoxy groups -OCH3 is 1. The molecule has 0 aromatic heterocycles. The average molecular weight is 348 g/mol. The molecule has 0 aliphatic heterocycles. The first-order valence-corrected chi connectivity index (χ1v) is 8.03. The van der Waals surface area contributed by atoms with E-state index in [1.54, 1.807) is 6.92 Å². The van der Waals surface area contributed by atoms with E-state index in [2.05, 4.69) is 10.1 Å². The molecule has 7 heteroatoms. The maximum absolute atomic E-state index is 13.9. The van der Waals surface area contributed by atoms with Crippen molar-refractivity contribution in [3.05, 3.63) is 23.0 Å². The molecule has 4 nitrogen and oxygen atoms in total. The first kappa shape index (κ1) is 18.8. The van der Waals surface area contributed by atoms with E-state index in [1.165, 1.54) is 13.2 Å². The fourth-order valence-electron chi connectivity index (χ4n) is 1.69. The number of hydrogen-bond donors (Lipinski definition) is 1. The first-order chi connectivity index (χ1) is 10.2. The largest absolute Gasteiger partial charge is 0.468 e. The fraction of sp³-hybridized carbons (Fsp3) is 0.467. The highest BCUT2D eigenvalue weighted by Gasteiger charge is 2.19. The summed E-state index contributed by atoms with van der Waals surface area (Å²) in [6, 6.07) is 2.55. The van der Waals surface area contributed by atoms with Crippen LogP contribution in [0.15, 0.2) is 17.0 Å². The Balaban J connectivity index is 2.94. The van der Waals surface area contributed by atoms with Crippen molar-refractivity contribution in [1.82, 2.24) is 0 Å². The SMILES string of the molecule is COC(=O)C(C)Sc1cc(NC(=O)CC(C)C)c(F)cc1Cl. The molecule has 1 N–H and O–H groups in total. The van der Waals surface area contributed by atoms with Gasteiger partial charge in [-0.2, -0.15) is 0 Å². The van der Waals surface area contributed by atoms with Gasteiger partial charge >= 0.3 is 5.97 Å². The summed E-state index contributed by atoms with van der Waals surface area (Å²) in [5.41, 5.74) is 0.0506. The monoisotopic (exact) mass is 347 g/mol. The number of rotatable bonds is 6. The van der Waals surface area contributed by atoms with Crippen LogP contribution in [0.25, 0.3) is 0 Å². The predicted octanol–water partition coefficient (Wildman–Crippen LogP) is 4.12. The number of ether oxygens (including phenoxy) is 1. The van der Waals surface area contributed by atoms with Gasteiger partial charge in [-0.05, 0) is 25.0 Å². The Kier molecular flexibility index (Phi) is 7.16. The van der Waals surface area contributed by atoms with E-state index in [1.807, 2.05) is 13.8 Å². The van der Waals surface area contributed by atoms with Crippen molar-refractivity contribution in [3.63, 3.8) is 0 Å². The molecule has 22 heavy (non-hydrogen) atoms.